The zero-order valence-electron chi connectivity index (χ0n) is 12.3. The standard InChI is InChI=1S/C17H15ClN2O2S/c18-13-6-7-14-19-16(12-4-2-1-3-5-12)17(20(14)10-13)23-15-11-21-8-9-22-15/h1-7,10,15H,8-9,11H2. The van der Waals surface area contributed by atoms with Crippen molar-refractivity contribution in [1.29, 1.82) is 0 Å². The van der Waals surface area contributed by atoms with Crippen LogP contribution in [0.1, 0.15) is 0 Å². The summed E-state index contributed by atoms with van der Waals surface area (Å²) < 4.78 is 13.3. The number of hydrogen-bond acceptors (Lipinski definition) is 4. The van der Waals surface area contributed by atoms with E-state index in [0.717, 1.165) is 21.9 Å². The fraction of sp³-hybridized carbons (Fsp3) is 0.235. The van der Waals surface area contributed by atoms with Crippen molar-refractivity contribution in [3.8, 4) is 11.3 Å². The zero-order valence-corrected chi connectivity index (χ0v) is 13.9. The number of halogens is 1. The molecule has 0 radical (unpaired) electrons. The largest absolute Gasteiger partial charge is 0.375 e. The second-order valence-corrected chi connectivity index (χ2v) is 6.78. The third-order valence-electron chi connectivity index (χ3n) is 3.61. The van der Waals surface area contributed by atoms with Crippen LogP contribution in [0.3, 0.4) is 0 Å². The van der Waals surface area contributed by atoms with E-state index >= 15 is 0 Å². The van der Waals surface area contributed by atoms with E-state index in [9.17, 15) is 0 Å². The van der Waals surface area contributed by atoms with Crippen LogP contribution in [0.2, 0.25) is 5.02 Å². The summed E-state index contributed by atoms with van der Waals surface area (Å²) in [5, 5.41) is 1.70. The predicted molar refractivity (Wildman–Crippen MR) is 92.1 cm³/mol. The lowest BCUT2D eigenvalue weighted by Gasteiger charge is -2.22. The van der Waals surface area contributed by atoms with Crippen LogP contribution < -0.4 is 0 Å². The summed E-state index contributed by atoms with van der Waals surface area (Å²) in [5.74, 6) is 0. The molecule has 0 bridgehead atoms. The number of ether oxygens (including phenoxy) is 2. The maximum atomic E-state index is 6.17. The minimum atomic E-state index is -0.0370. The summed E-state index contributed by atoms with van der Waals surface area (Å²) in [5.41, 5.74) is 2.84. The van der Waals surface area contributed by atoms with Crippen LogP contribution in [0.4, 0.5) is 0 Å². The van der Waals surface area contributed by atoms with E-state index in [1.165, 1.54) is 0 Å². The summed E-state index contributed by atoms with van der Waals surface area (Å²) in [6.45, 7) is 1.85. The van der Waals surface area contributed by atoms with Crippen LogP contribution in [0.5, 0.6) is 0 Å². The molecular formula is C17H15ClN2O2S. The molecule has 1 unspecified atom stereocenters. The molecule has 4 nitrogen and oxygen atoms in total. The number of fused-ring (bicyclic) bond motifs is 1. The second-order valence-electron chi connectivity index (χ2n) is 5.20. The van der Waals surface area contributed by atoms with Gasteiger partial charge in [0.1, 0.15) is 21.8 Å². The average Bonchev–Trinajstić information content (AvgIpc) is 2.95. The highest BCUT2D eigenvalue weighted by Crippen LogP contribution is 2.36. The Morgan fingerprint density at radius 2 is 2.00 bits per heavy atom. The molecule has 0 amide bonds. The predicted octanol–water partition coefficient (Wildman–Crippen LogP) is 4.12. The number of rotatable bonds is 3. The van der Waals surface area contributed by atoms with E-state index in [0.29, 0.717) is 24.8 Å². The van der Waals surface area contributed by atoms with Gasteiger partial charge in [-0.15, -0.1) is 0 Å². The fourth-order valence-electron chi connectivity index (χ4n) is 2.55. The van der Waals surface area contributed by atoms with Crippen LogP contribution in [0.25, 0.3) is 16.9 Å². The van der Waals surface area contributed by atoms with E-state index in [4.69, 9.17) is 26.1 Å². The van der Waals surface area contributed by atoms with Crippen LogP contribution in [-0.4, -0.2) is 34.6 Å². The Balaban J connectivity index is 1.82. The van der Waals surface area contributed by atoms with E-state index in [-0.39, 0.29) is 5.44 Å². The molecule has 3 heterocycles. The van der Waals surface area contributed by atoms with E-state index in [2.05, 4.69) is 12.1 Å². The SMILES string of the molecule is Clc1ccc2nc(-c3ccccc3)c(SC3COCCO3)n2c1. The summed E-state index contributed by atoms with van der Waals surface area (Å²) in [6, 6.07) is 13.9. The van der Waals surface area contributed by atoms with Gasteiger partial charge in [-0.1, -0.05) is 53.7 Å². The molecule has 6 heteroatoms. The molecule has 1 aromatic carbocycles. The van der Waals surface area contributed by atoms with Crippen molar-refractivity contribution < 1.29 is 9.47 Å². The molecule has 0 aliphatic carbocycles. The van der Waals surface area contributed by atoms with E-state index < -0.39 is 0 Å². The van der Waals surface area contributed by atoms with Crippen molar-refractivity contribution in [1.82, 2.24) is 9.38 Å². The molecular weight excluding hydrogens is 332 g/mol. The molecule has 23 heavy (non-hydrogen) atoms. The van der Waals surface area contributed by atoms with Gasteiger partial charge in [-0.2, -0.15) is 0 Å². The second kappa shape index (κ2) is 6.53. The van der Waals surface area contributed by atoms with Crippen molar-refractivity contribution in [3.05, 3.63) is 53.7 Å². The molecule has 4 rings (SSSR count). The molecule has 118 valence electrons. The van der Waals surface area contributed by atoms with E-state index in [1.807, 2.05) is 40.9 Å². The zero-order chi connectivity index (χ0) is 15.6. The van der Waals surface area contributed by atoms with Gasteiger partial charge in [-0.25, -0.2) is 4.98 Å². The number of thioether (sulfide) groups is 1. The molecule has 1 atom stereocenters. The first-order chi connectivity index (χ1) is 11.3. The maximum Gasteiger partial charge on any atom is 0.138 e. The molecule has 1 aliphatic heterocycles. The maximum absolute atomic E-state index is 6.17. The van der Waals surface area contributed by atoms with Crippen molar-refractivity contribution in [2.24, 2.45) is 0 Å². The van der Waals surface area contributed by atoms with Crippen LogP contribution in [0.15, 0.2) is 53.7 Å². The Labute approximate surface area is 143 Å². The molecule has 0 spiro atoms. The third kappa shape index (κ3) is 3.10. The number of aromatic nitrogens is 2. The lowest BCUT2D eigenvalue weighted by molar-refractivity contribution is -0.0498. The summed E-state index contributed by atoms with van der Waals surface area (Å²) in [6.07, 6.45) is 1.89. The first-order valence-electron chi connectivity index (χ1n) is 7.40. The van der Waals surface area contributed by atoms with Gasteiger partial charge in [0.25, 0.3) is 0 Å². The van der Waals surface area contributed by atoms with Crippen molar-refractivity contribution in [2.75, 3.05) is 19.8 Å². The third-order valence-corrected chi connectivity index (χ3v) is 4.99. The van der Waals surface area contributed by atoms with Gasteiger partial charge >= 0.3 is 0 Å². The highest BCUT2D eigenvalue weighted by Gasteiger charge is 2.22. The molecule has 3 aromatic rings. The highest BCUT2D eigenvalue weighted by atomic mass is 35.5. The normalized spacial score (nSPS) is 18.4. The quantitative estimate of drug-likeness (QED) is 0.714. The fourth-order valence-corrected chi connectivity index (χ4v) is 3.83. The van der Waals surface area contributed by atoms with Gasteiger partial charge in [0.15, 0.2) is 0 Å². The monoisotopic (exact) mass is 346 g/mol. The van der Waals surface area contributed by atoms with Gasteiger partial charge in [0.05, 0.1) is 24.8 Å². The Morgan fingerprint density at radius 3 is 2.78 bits per heavy atom. The molecule has 1 fully saturated rings. The van der Waals surface area contributed by atoms with Gasteiger partial charge in [0, 0.05) is 11.8 Å². The Bertz CT molecular complexity index is 816. The van der Waals surface area contributed by atoms with Gasteiger partial charge in [0.2, 0.25) is 0 Å². The number of benzene rings is 1. The van der Waals surface area contributed by atoms with Crippen molar-refractivity contribution >= 4 is 29.0 Å². The van der Waals surface area contributed by atoms with Gasteiger partial charge < -0.3 is 9.47 Å². The number of imidazole rings is 1. The molecule has 1 aliphatic rings. The topological polar surface area (TPSA) is 35.8 Å². The van der Waals surface area contributed by atoms with Crippen LogP contribution >= 0.6 is 23.4 Å². The van der Waals surface area contributed by atoms with Gasteiger partial charge in [-0.3, -0.25) is 4.40 Å². The summed E-state index contributed by atoms with van der Waals surface area (Å²) in [4.78, 5) is 4.78. The van der Waals surface area contributed by atoms with Crippen molar-refractivity contribution in [2.45, 2.75) is 10.5 Å². The number of pyridine rings is 1. The molecule has 2 aromatic heterocycles. The Morgan fingerprint density at radius 1 is 1.13 bits per heavy atom. The summed E-state index contributed by atoms with van der Waals surface area (Å²) >= 11 is 7.80. The average molecular weight is 347 g/mol. The van der Waals surface area contributed by atoms with Crippen LogP contribution in [-0.2, 0) is 9.47 Å². The lowest BCUT2D eigenvalue weighted by atomic mass is 10.2. The first-order valence-corrected chi connectivity index (χ1v) is 8.66. The minimum absolute atomic E-state index is 0.0370. The highest BCUT2D eigenvalue weighted by molar-refractivity contribution is 7.99. The van der Waals surface area contributed by atoms with Crippen molar-refractivity contribution in [3.63, 3.8) is 0 Å². The molecule has 0 saturated carbocycles. The number of nitrogens with zero attached hydrogens (tertiary/aromatic N) is 2. The lowest BCUT2D eigenvalue weighted by Crippen LogP contribution is -2.25. The van der Waals surface area contributed by atoms with Crippen LogP contribution in [0, 0.1) is 0 Å². The van der Waals surface area contributed by atoms with E-state index in [1.54, 1.807) is 11.8 Å². The van der Waals surface area contributed by atoms with Gasteiger partial charge in [-0.05, 0) is 12.1 Å². The Hall–Kier alpha value is -1.53. The summed E-state index contributed by atoms with van der Waals surface area (Å²) in [7, 11) is 0. The molecule has 1 saturated heterocycles. The number of hydrogen-bond donors (Lipinski definition) is 0. The molecule has 0 N–H and O–H groups in total. The smallest absolute Gasteiger partial charge is 0.138 e. The first kappa shape index (κ1) is 15.0. The minimum Gasteiger partial charge on any atom is -0.375 e. The Kier molecular flexibility index (Phi) is 4.27.